The molecule has 0 atom stereocenters. The molecule has 0 aliphatic carbocycles. The molecular weight excluding hydrogens is 312 g/mol. The number of pyridine rings is 1. The van der Waals surface area contributed by atoms with Crippen LogP contribution in [0.4, 0.5) is 5.82 Å². The van der Waals surface area contributed by atoms with E-state index in [1.54, 1.807) is 35.4 Å². The van der Waals surface area contributed by atoms with E-state index in [2.05, 4.69) is 23.7 Å². The Labute approximate surface area is 136 Å². The van der Waals surface area contributed by atoms with Gasteiger partial charge in [-0.05, 0) is 18.2 Å². The van der Waals surface area contributed by atoms with Gasteiger partial charge in [-0.2, -0.15) is 13.8 Å². The largest absolute Gasteiger partial charge is 0.354 e. The van der Waals surface area contributed by atoms with Gasteiger partial charge in [-0.15, -0.1) is 0 Å². The monoisotopic (exact) mass is 326 g/mol. The lowest BCUT2D eigenvalue weighted by molar-refractivity contribution is 0.334. The smallest absolute Gasteiger partial charge is 0.266 e. The maximum Gasteiger partial charge on any atom is 0.266 e. The van der Waals surface area contributed by atoms with E-state index in [9.17, 15) is 4.79 Å². The van der Waals surface area contributed by atoms with Crippen LogP contribution in [-0.4, -0.2) is 36.6 Å². The minimum absolute atomic E-state index is 0.0774. The fraction of sp³-hybridized carbons (Fsp3) is 0.267. The summed E-state index contributed by atoms with van der Waals surface area (Å²) in [7, 11) is 0. The van der Waals surface area contributed by atoms with Crippen LogP contribution < -0.4 is 10.5 Å². The fourth-order valence-corrected chi connectivity index (χ4v) is 3.10. The predicted octanol–water partition coefficient (Wildman–Crippen LogP) is 1.29. The Balaban J connectivity index is 1.48. The van der Waals surface area contributed by atoms with Crippen molar-refractivity contribution in [2.75, 3.05) is 18.0 Å². The summed E-state index contributed by atoms with van der Waals surface area (Å²) in [5.41, 5.74) is 1.59. The molecular formula is C15H14N6OS. The van der Waals surface area contributed by atoms with Crippen LogP contribution in [0, 0.1) is 5.92 Å². The summed E-state index contributed by atoms with van der Waals surface area (Å²) in [5, 5.41) is 4.47. The third-order valence-electron chi connectivity index (χ3n) is 3.89. The van der Waals surface area contributed by atoms with Crippen molar-refractivity contribution in [2.24, 2.45) is 5.92 Å². The Morgan fingerprint density at radius 1 is 1.22 bits per heavy atom. The first-order chi connectivity index (χ1) is 11.3. The fourth-order valence-electron chi connectivity index (χ4n) is 2.66. The first-order valence-electron chi connectivity index (χ1n) is 7.31. The molecule has 0 amide bonds. The summed E-state index contributed by atoms with van der Waals surface area (Å²) >= 11 is 1.21. The van der Waals surface area contributed by atoms with Crippen LogP contribution in [-0.2, 0) is 6.54 Å². The van der Waals surface area contributed by atoms with E-state index in [1.807, 2.05) is 12.1 Å². The molecule has 1 aliphatic rings. The summed E-state index contributed by atoms with van der Waals surface area (Å²) in [6.07, 6.45) is 5.24. The van der Waals surface area contributed by atoms with Gasteiger partial charge in [0.25, 0.3) is 5.56 Å². The molecule has 116 valence electrons. The highest BCUT2D eigenvalue weighted by atomic mass is 32.1. The van der Waals surface area contributed by atoms with Gasteiger partial charge in [0.1, 0.15) is 0 Å². The SMILES string of the molecule is O=c1ccc(-c2cccnc2)nn1CC1CN(c2cnsn2)C1. The van der Waals surface area contributed by atoms with Crippen molar-refractivity contribution in [3.63, 3.8) is 0 Å². The normalized spacial score (nSPS) is 14.7. The maximum atomic E-state index is 12.0. The first-order valence-corrected chi connectivity index (χ1v) is 8.04. The molecule has 8 heteroatoms. The zero-order valence-corrected chi connectivity index (χ0v) is 13.1. The average molecular weight is 326 g/mol. The molecule has 7 nitrogen and oxygen atoms in total. The highest BCUT2D eigenvalue weighted by Gasteiger charge is 2.29. The molecule has 1 aliphatic heterocycles. The number of hydrogen-bond donors (Lipinski definition) is 0. The number of aromatic nitrogens is 5. The second kappa shape index (κ2) is 5.88. The highest BCUT2D eigenvalue weighted by molar-refractivity contribution is 6.99. The third-order valence-corrected chi connectivity index (χ3v) is 4.35. The molecule has 0 unspecified atom stereocenters. The molecule has 23 heavy (non-hydrogen) atoms. The molecule has 0 bridgehead atoms. The number of hydrogen-bond acceptors (Lipinski definition) is 7. The van der Waals surface area contributed by atoms with E-state index in [1.165, 1.54) is 11.7 Å². The van der Waals surface area contributed by atoms with Crippen LogP contribution >= 0.6 is 11.7 Å². The van der Waals surface area contributed by atoms with Gasteiger partial charge in [-0.3, -0.25) is 9.78 Å². The van der Waals surface area contributed by atoms with Crippen LogP contribution in [0.2, 0.25) is 0 Å². The summed E-state index contributed by atoms with van der Waals surface area (Å²) < 4.78 is 9.77. The number of rotatable bonds is 4. The lowest BCUT2D eigenvalue weighted by atomic mass is 10.0. The van der Waals surface area contributed by atoms with E-state index in [4.69, 9.17) is 0 Å². The molecule has 1 fully saturated rings. The van der Waals surface area contributed by atoms with Crippen molar-refractivity contribution in [1.82, 2.24) is 23.5 Å². The van der Waals surface area contributed by atoms with Crippen molar-refractivity contribution in [2.45, 2.75) is 6.54 Å². The minimum atomic E-state index is -0.0774. The molecule has 4 rings (SSSR count). The zero-order chi connectivity index (χ0) is 15.6. The van der Waals surface area contributed by atoms with Gasteiger partial charge in [0.2, 0.25) is 0 Å². The van der Waals surface area contributed by atoms with E-state index in [-0.39, 0.29) is 5.56 Å². The highest BCUT2D eigenvalue weighted by Crippen LogP contribution is 2.23. The van der Waals surface area contributed by atoms with Crippen LogP contribution in [0.25, 0.3) is 11.3 Å². The predicted molar refractivity (Wildman–Crippen MR) is 87.3 cm³/mol. The van der Waals surface area contributed by atoms with Crippen molar-refractivity contribution in [1.29, 1.82) is 0 Å². The molecule has 0 radical (unpaired) electrons. The molecule has 3 aromatic rings. The van der Waals surface area contributed by atoms with Gasteiger partial charge in [0.05, 0.1) is 30.2 Å². The van der Waals surface area contributed by atoms with Gasteiger partial charge in [0, 0.05) is 43.0 Å². The maximum absolute atomic E-state index is 12.0. The Morgan fingerprint density at radius 2 is 2.13 bits per heavy atom. The van der Waals surface area contributed by atoms with Crippen LogP contribution in [0.1, 0.15) is 0 Å². The van der Waals surface area contributed by atoms with E-state index >= 15 is 0 Å². The summed E-state index contributed by atoms with van der Waals surface area (Å²) in [4.78, 5) is 18.3. The molecule has 1 saturated heterocycles. The molecule has 3 aromatic heterocycles. The molecule has 0 aromatic carbocycles. The van der Waals surface area contributed by atoms with Crippen molar-refractivity contribution in [3.05, 3.63) is 53.2 Å². The Kier molecular flexibility index (Phi) is 3.58. The van der Waals surface area contributed by atoms with Crippen LogP contribution in [0.15, 0.2) is 47.7 Å². The second-order valence-corrected chi connectivity index (χ2v) is 6.07. The minimum Gasteiger partial charge on any atom is -0.354 e. The van der Waals surface area contributed by atoms with Crippen LogP contribution in [0.5, 0.6) is 0 Å². The molecule has 0 saturated carbocycles. The zero-order valence-electron chi connectivity index (χ0n) is 12.2. The average Bonchev–Trinajstić information content (AvgIpc) is 3.07. The lowest BCUT2D eigenvalue weighted by Gasteiger charge is -2.39. The Hall–Kier alpha value is -2.61. The Bertz CT molecular complexity index is 842. The number of anilines is 1. The van der Waals surface area contributed by atoms with E-state index < -0.39 is 0 Å². The number of nitrogens with zero attached hydrogens (tertiary/aromatic N) is 6. The topological polar surface area (TPSA) is 76.8 Å². The summed E-state index contributed by atoms with van der Waals surface area (Å²) in [6.45, 7) is 2.36. The van der Waals surface area contributed by atoms with Crippen molar-refractivity contribution in [3.8, 4) is 11.3 Å². The van der Waals surface area contributed by atoms with Crippen molar-refractivity contribution < 1.29 is 0 Å². The molecule has 4 heterocycles. The van der Waals surface area contributed by atoms with E-state index in [0.29, 0.717) is 12.5 Å². The van der Waals surface area contributed by atoms with Gasteiger partial charge < -0.3 is 4.90 Å². The molecule has 0 N–H and O–H groups in total. The second-order valence-electron chi connectivity index (χ2n) is 5.52. The van der Waals surface area contributed by atoms with Gasteiger partial charge in [0.15, 0.2) is 5.82 Å². The van der Waals surface area contributed by atoms with Gasteiger partial charge >= 0.3 is 0 Å². The lowest BCUT2D eigenvalue weighted by Crippen LogP contribution is -2.49. The first kappa shape index (κ1) is 14.0. The summed E-state index contributed by atoms with van der Waals surface area (Å²) in [6, 6.07) is 7.10. The quantitative estimate of drug-likeness (QED) is 0.719. The van der Waals surface area contributed by atoms with E-state index in [0.717, 1.165) is 30.2 Å². The van der Waals surface area contributed by atoms with Crippen molar-refractivity contribution >= 4 is 17.5 Å². The molecule has 0 spiro atoms. The van der Waals surface area contributed by atoms with Gasteiger partial charge in [-0.25, -0.2) is 4.68 Å². The van der Waals surface area contributed by atoms with Crippen LogP contribution in [0.3, 0.4) is 0 Å². The third kappa shape index (κ3) is 2.85. The Morgan fingerprint density at radius 3 is 2.87 bits per heavy atom. The summed E-state index contributed by atoms with van der Waals surface area (Å²) in [5.74, 6) is 1.31. The standard InChI is InChI=1S/C15H14N6OS/c22-15-4-3-13(12-2-1-5-16-6-12)18-21(15)10-11-8-20(9-11)14-7-17-23-19-14/h1-7,11H,8-10H2. The van der Waals surface area contributed by atoms with Gasteiger partial charge in [-0.1, -0.05) is 0 Å².